The van der Waals surface area contributed by atoms with Gasteiger partial charge in [-0.25, -0.2) is 4.98 Å². The van der Waals surface area contributed by atoms with Gasteiger partial charge in [-0.2, -0.15) is 0 Å². The molecule has 0 radical (unpaired) electrons. The standard InChI is InChI=1S/C13H14N2.4ClH.Ti/c1-2-4-13-10(3-1)5-6-11(13)7-12-8-14-9-15-12;;;;;/h1-4,8-9,11H,5-7H2,(H,14,15);4*1H;/q;;;;;+4/p-4. The second-order valence-electron chi connectivity index (χ2n) is 4.22. The van der Waals surface area contributed by atoms with Gasteiger partial charge in [0, 0.05) is 11.9 Å². The molecule has 1 aliphatic rings. The Kier molecular flexibility index (Phi) is 15.0. The summed E-state index contributed by atoms with van der Waals surface area (Å²) in [5, 5.41) is 0. The maximum atomic E-state index is 4.06. The molecule has 0 amide bonds. The van der Waals surface area contributed by atoms with Gasteiger partial charge in [0.25, 0.3) is 0 Å². The Labute approximate surface area is 159 Å². The van der Waals surface area contributed by atoms with Gasteiger partial charge < -0.3 is 54.6 Å². The Morgan fingerprint density at radius 2 is 1.80 bits per heavy atom. The Morgan fingerprint density at radius 1 is 1.10 bits per heavy atom. The average Bonchev–Trinajstić information content (AvgIpc) is 2.89. The van der Waals surface area contributed by atoms with Crippen LogP contribution in [0.15, 0.2) is 36.8 Å². The van der Waals surface area contributed by atoms with Crippen LogP contribution >= 0.6 is 0 Å². The number of fused-ring (bicyclic) bond motifs is 1. The topological polar surface area (TPSA) is 28.7 Å². The molecule has 1 unspecified atom stereocenters. The van der Waals surface area contributed by atoms with Gasteiger partial charge in [-0.1, -0.05) is 24.3 Å². The first-order valence-electron chi connectivity index (χ1n) is 5.48. The molecule has 0 fully saturated rings. The van der Waals surface area contributed by atoms with Crippen LogP contribution in [0, 0.1) is 0 Å². The molecule has 2 aromatic rings. The third kappa shape index (κ3) is 5.59. The zero-order valence-electron chi connectivity index (χ0n) is 10.6. The summed E-state index contributed by atoms with van der Waals surface area (Å²) in [5.41, 5.74) is 4.31. The first-order valence-corrected chi connectivity index (χ1v) is 5.48. The Hall–Kier alpha value is 0.304. The van der Waals surface area contributed by atoms with Crippen molar-refractivity contribution in [3.8, 4) is 0 Å². The molecule has 0 spiro atoms. The first kappa shape index (κ1) is 25.3. The smallest absolute Gasteiger partial charge is 1.00 e. The Balaban J connectivity index is -0.000000578. The number of rotatable bonds is 2. The van der Waals surface area contributed by atoms with Gasteiger partial charge >= 0.3 is 21.7 Å². The van der Waals surface area contributed by atoms with Crippen LogP contribution in [-0.2, 0) is 34.6 Å². The van der Waals surface area contributed by atoms with Crippen LogP contribution in [0.2, 0.25) is 0 Å². The van der Waals surface area contributed by atoms with Gasteiger partial charge in [0.15, 0.2) is 0 Å². The number of benzene rings is 1. The summed E-state index contributed by atoms with van der Waals surface area (Å²) in [6.45, 7) is 0. The largest absolute Gasteiger partial charge is 4.00 e. The first-order chi connectivity index (χ1) is 7.43. The van der Waals surface area contributed by atoms with Crippen molar-refractivity contribution in [3.63, 3.8) is 0 Å². The minimum atomic E-state index is 0. The number of nitrogens with zero attached hydrogens (tertiary/aromatic N) is 1. The minimum absolute atomic E-state index is 0. The van der Waals surface area contributed by atoms with E-state index in [-0.39, 0.29) is 71.3 Å². The van der Waals surface area contributed by atoms with E-state index in [0.29, 0.717) is 5.92 Å². The number of hydrogen-bond acceptors (Lipinski definition) is 1. The Bertz CT molecular complexity index is 465. The molecule has 2 nitrogen and oxygen atoms in total. The third-order valence-electron chi connectivity index (χ3n) is 3.28. The molecule has 0 aliphatic heterocycles. The zero-order chi connectivity index (χ0) is 10.1. The molecule has 20 heavy (non-hydrogen) atoms. The van der Waals surface area contributed by atoms with Crippen molar-refractivity contribution < 1.29 is 71.3 Å². The minimum Gasteiger partial charge on any atom is -1.00 e. The molecule has 1 atom stereocenters. The van der Waals surface area contributed by atoms with Crippen LogP contribution in [0.1, 0.15) is 29.2 Å². The van der Waals surface area contributed by atoms with Crippen molar-refractivity contribution in [3.05, 3.63) is 53.6 Å². The van der Waals surface area contributed by atoms with E-state index in [1.54, 1.807) is 6.33 Å². The summed E-state index contributed by atoms with van der Waals surface area (Å²) in [5.74, 6) is 0.682. The SMILES string of the molecule is [Cl-].[Cl-].[Cl-].[Cl-].[Ti+4].c1ccc2c(c1)CCC2Cc1cnc[nH]1. The van der Waals surface area contributed by atoms with E-state index in [1.807, 2.05) is 6.20 Å². The number of halogens is 4. The van der Waals surface area contributed by atoms with Crippen molar-refractivity contribution in [1.29, 1.82) is 0 Å². The van der Waals surface area contributed by atoms with E-state index in [1.165, 1.54) is 29.7 Å². The molecule has 3 rings (SSSR count). The zero-order valence-corrected chi connectivity index (χ0v) is 15.2. The van der Waals surface area contributed by atoms with E-state index in [2.05, 4.69) is 34.2 Å². The average molecular weight is 388 g/mol. The van der Waals surface area contributed by atoms with Crippen LogP contribution in [0.25, 0.3) is 0 Å². The number of hydrogen-bond donors (Lipinski definition) is 1. The molecule has 1 aromatic heterocycles. The normalized spacial score (nSPS) is 14.3. The molecule has 1 N–H and O–H groups in total. The number of aryl methyl sites for hydroxylation is 1. The predicted molar refractivity (Wildman–Crippen MR) is 59.8 cm³/mol. The van der Waals surface area contributed by atoms with Crippen LogP contribution < -0.4 is 49.6 Å². The predicted octanol–water partition coefficient (Wildman–Crippen LogP) is -9.30. The maximum Gasteiger partial charge on any atom is 4.00 e. The summed E-state index contributed by atoms with van der Waals surface area (Å²) in [4.78, 5) is 7.25. The maximum absolute atomic E-state index is 4.06. The third-order valence-corrected chi connectivity index (χ3v) is 3.28. The Morgan fingerprint density at radius 3 is 2.45 bits per heavy atom. The fourth-order valence-corrected chi connectivity index (χ4v) is 2.52. The summed E-state index contributed by atoms with van der Waals surface area (Å²) in [6.07, 6.45) is 7.29. The summed E-state index contributed by atoms with van der Waals surface area (Å²) < 4.78 is 0. The fourth-order valence-electron chi connectivity index (χ4n) is 2.52. The number of imidazole rings is 1. The van der Waals surface area contributed by atoms with Crippen molar-refractivity contribution >= 4 is 0 Å². The van der Waals surface area contributed by atoms with E-state index < -0.39 is 0 Å². The van der Waals surface area contributed by atoms with Crippen LogP contribution in [0.4, 0.5) is 0 Å². The van der Waals surface area contributed by atoms with Crippen LogP contribution in [0.5, 0.6) is 0 Å². The molecular formula is C13H14Cl4N2Ti. The number of aromatic amines is 1. The summed E-state index contributed by atoms with van der Waals surface area (Å²) in [6, 6.07) is 8.80. The van der Waals surface area contributed by atoms with Gasteiger partial charge in [0.1, 0.15) is 0 Å². The molecule has 0 saturated carbocycles. The van der Waals surface area contributed by atoms with E-state index in [0.717, 1.165) is 6.42 Å². The molecule has 7 heteroatoms. The van der Waals surface area contributed by atoms with E-state index >= 15 is 0 Å². The second kappa shape index (κ2) is 11.9. The van der Waals surface area contributed by atoms with Crippen molar-refractivity contribution in [2.75, 3.05) is 0 Å². The molecule has 108 valence electrons. The fraction of sp³-hybridized carbons (Fsp3) is 0.308. The monoisotopic (exact) mass is 386 g/mol. The van der Waals surface area contributed by atoms with E-state index in [4.69, 9.17) is 0 Å². The number of aromatic nitrogens is 2. The van der Waals surface area contributed by atoms with Gasteiger partial charge in [-0.15, -0.1) is 0 Å². The van der Waals surface area contributed by atoms with Crippen LogP contribution in [-0.4, -0.2) is 9.97 Å². The van der Waals surface area contributed by atoms with Gasteiger partial charge in [0.05, 0.1) is 6.33 Å². The molecule has 1 aliphatic carbocycles. The second-order valence-corrected chi connectivity index (χ2v) is 4.22. The summed E-state index contributed by atoms with van der Waals surface area (Å²) >= 11 is 0. The van der Waals surface area contributed by atoms with Crippen molar-refractivity contribution in [2.24, 2.45) is 0 Å². The van der Waals surface area contributed by atoms with Gasteiger partial charge in [0.2, 0.25) is 0 Å². The molecule has 0 saturated heterocycles. The van der Waals surface area contributed by atoms with Gasteiger partial charge in [-0.3, -0.25) is 0 Å². The number of H-pyrrole nitrogens is 1. The van der Waals surface area contributed by atoms with Crippen LogP contribution in [0.3, 0.4) is 0 Å². The number of nitrogens with one attached hydrogen (secondary N) is 1. The summed E-state index contributed by atoms with van der Waals surface area (Å²) in [7, 11) is 0. The molecular weight excluding hydrogens is 374 g/mol. The molecule has 1 heterocycles. The van der Waals surface area contributed by atoms with E-state index in [9.17, 15) is 0 Å². The molecule has 0 bridgehead atoms. The van der Waals surface area contributed by atoms with Crippen molar-refractivity contribution in [2.45, 2.75) is 25.2 Å². The van der Waals surface area contributed by atoms with Gasteiger partial charge in [-0.05, 0) is 36.3 Å². The van der Waals surface area contributed by atoms with Crippen molar-refractivity contribution in [1.82, 2.24) is 9.97 Å². The molecule has 1 aromatic carbocycles. The quantitative estimate of drug-likeness (QED) is 0.509.